The smallest absolute Gasteiger partial charge is 0.410 e. The average molecular weight is 633 g/mol. The molecule has 3 aliphatic rings. The Morgan fingerprint density at radius 1 is 0.848 bits per heavy atom. The van der Waals surface area contributed by atoms with Crippen LogP contribution >= 0.6 is 0 Å². The quantitative estimate of drug-likeness (QED) is 0.170. The molecule has 1 amide bonds. The lowest BCUT2D eigenvalue weighted by atomic mass is 9.84. The van der Waals surface area contributed by atoms with E-state index in [4.69, 9.17) is 19.7 Å². The Balaban J connectivity index is 1.40. The molecule has 0 radical (unpaired) electrons. The molecular weight excluding hydrogens is 596 g/mol. The van der Waals surface area contributed by atoms with Gasteiger partial charge in [-0.15, -0.1) is 0 Å². The minimum Gasteiger partial charge on any atom is -0.445 e. The summed E-state index contributed by atoms with van der Waals surface area (Å²) in [6.07, 6.45) is -4.16. The monoisotopic (exact) mass is 632 g/mol. The molecule has 46 heavy (non-hydrogen) atoms. The molecule has 1 aliphatic heterocycles. The zero-order valence-corrected chi connectivity index (χ0v) is 25.0. The van der Waals surface area contributed by atoms with E-state index in [0.717, 1.165) is 24.0 Å². The predicted octanol–water partition coefficient (Wildman–Crippen LogP) is 5.66. The van der Waals surface area contributed by atoms with Gasteiger partial charge in [0.2, 0.25) is 0 Å². The first-order valence-electron chi connectivity index (χ1n) is 15.2. The van der Waals surface area contributed by atoms with Crippen LogP contribution in [0.4, 0.5) is 4.79 Å². The summed E-state index contributed by atoms with van der Waals surface area (Å²) in [5, 5.41) is 32.7. The highest BCUT2D eigenvalue weighted by molar-refractivity contribution is 5.68. The number of hydrogen-bond donors (Lipinski definition) is 2. The van der Waals surface area contributed by atoms with Crippen molar-refractivity contribution in [1.29, 1.82) is 0 Å². The molecule has 9 atom stereocenters. The Labute approximate surface area is 264 Å². The topological polar surface area (TPSA) is 235 Å². The third-order valence-electron chi connectivity index (χ3n) is 8.69. The van der Waals surface area contributed by atoms with Gasteiger partial charge >= 0.3 is 6.09 Å². The fourth-order valence-corrected chi connectivity index (χ4v) is 6.28. The van der Waals surface area contributed by atoms with Crippen molar-refractivity contribution in [2.24, 2.45) is 21.3 Å². The number of benzene rings is 2. The van der Waals surface area contributed by atoms with Crippen molar-refractivity contribution in [3.05, 3.63) is 103 Å². The van der Waals surface area contributed by atoms with Gasteiger partial charge in [-0.3, -0.25) is 4.90 Å². The summed E-state index contributed by atoms with van der Waals surface area (Å²) in [5.74, 6) is 0.122. The summed E-state index contributed by atoms with van der Waals surface area (Å²) >= 11 is 0. The number of ether oxygens (including phenoxy) is 3. The summed E-state index contributed by atoms with van der Waals surface area (Å²) in [4.78, 5) is 24.0. The Hall–Kier alpha value is -4.52. The van der Waals surface area contributed by atoms with E-state index in [1.54, 1.807) is 4.90 Å². The Kier molecular flexibility index (Phi) is 11.2. The van der Waals surface area contributed by atoms with Gasteiger partial charge in [-0.25, -0.2) is 4.79 Å². The molecule has 0 bridgehead atoms. The van der Waals surface area contributed by atoms with E-state index < -0.39 is 61.0 Å². The molecule has 2 saturated carbocycles. The highest BCUT2D eigenvalue weighted by Gasteiger charge is 2.49. The number of carbonyl (C=O) groups is 1. The molecule has 16 heteroatoms. The van der Waals surface area contributed by atoms with E-state index in [-0.39, 0.29) is 25.5 Å². The molecule has 2 aromatic carbocycles. The summed E-state index contributed by atoms with van der Waals surface area (Å²) in [6, 6.07) is 15.7. The summed E-state index contributed by atoms with van der Waals surface area (Å²) in [6.45, 7) is 0.367. The van der Waals surface area contributed by atoms with Crippen LogP contribution in [0.1, 0.15) is 43.2 Å². The maximum atomic E-state index is 13.8. The Morgan fingerprint density at radius 3 is 2.09 bits per heavy atom. The van der Waals surface area contributed by atoms with Crippen molar-refractivity contribution in [3.8, 4) is 0 Å². The fraction of sp³-hybridized carbons (Fsp3) is 0.567. The lowest BCUT2D eigenvalue weighted by Gasteiger charge is -2.45. The normalized spacial score (nSPS) is 29.6. The number of aliphatic hydroxyl groups is 2. The highest BCUT2D eigenvalue weighted by Crippen LogP contribution is 2.42. The molecule has 2 aliphatic carbocycles. The molecule has 1 saturated heterocycles. The van der Waals surface area contributed by atoms with E-state index >= 15 is 0 Å². The summed E-state index contributed by atoms with van der Waals surface area (Å²) in [5.41, 5.74) is 29.1. The van der Waals surface area contributed by atoms with E-state index in [0.29, 0.717) is 12.8 Å². The van der Waals surface area contributed by atoms with Crippen LogP contribution in [0.15, 0.2) is 76.0 Å². The summed E-state index contributed by atoms with van der Waals surface area (Å²) < 4.78 is 18.5. The molecular formula is C30H36N10O6. The minimum absolute atomic E-state index is 0.0812. The average Bonchev–Trinajstić information content (AvgIpc) is 3.91. The number of aliphatic hydroxyl groups excluding tert-OH is 2. The van der Waals surface area contributed by atoms with Crippen LogP contribution in [0, 0.1) is 5.92 Å². The first kappa shape index (κ1) is 32.9. The molecule has 3 fully saturated rings. The number of rotatable bonds is 12. The number of hydrogen-bond acceptors (Lipinski definition) is 9. The zero-order valence-electron chi connectivity index (χ0n) is 25.0. The van der Waals surface area contributed by atoms with Gasteiger partial charge < -0.3 is 24.4 Å². The first-order valence-corrected chi connectivity index (χ1v) is 15.2. The van der Waals surface area contributed by atoms with Gasteiger partial charge in [0, 0.05) is 21.3 Å². The SMILES string of the molecule is [N-]=[N+]=N[C@H]1C[C@@H](N=[N+]=[N-])[C@H](O)[C@@H](O)[C@@H]1O[C@H]1O[C@H]([C@@H](C2CC2)N(Cc2ccccc2)C(=O)OCc2ccccc2)CC[C@H]1N=[N+]=[N-]. The van der Waals surface area contributed by atoms with Crippen molar-refractivity contribution in [3.63, 3.8) is 0 Å². The van der Waals surface area contributed by atoms with Crippen LogP contribution in [-0.2, 0) is 27.4 Å². The maximum Gasteiger partial charge on any atom is 0.410 e. The number of azide groups is 3. The van der Waals surface area contributed by atoms with Crippen LogP contribution in [0.2, 0.25) is 0 Å². The molecule has 2 aromatic rings. The molecule has 2 N–H and O–H groups in total. The maximum absolute atomic E-state index is 13.8. The molecule has 5 rings (SSSR count). The van der Waals surface area contributed by atoms with Gasteiger partial charge in [-0.05, 0) is 65.7 Å². The lowest BCUT2D eigenvalue weighted by molar-refractivity contribution is -0.261. The van der Waals surface area contributed by atoms with Gasteiger partial charge in [-0.2, -0.15) is 0 Å². The van der Waals surface area contributed by atoms with Crippen LogP contribution in [0.25, 0.3) is 31.3 Å². The number of nitrogens with zero attached hydrogens (tertiary/aromatic N) is 10. The second kappa shape index (κ2) is 15.7. The van der Waals surface area contributed by atoms with Gasteiger partial charge in [0.05, 0.1) is 42.5 Å². The van der Waals surface area contributed by atoms with Crippen LogP contribution in [0.3, 0.4) is 0 Å². The van der Waals surface area contributed by atoms with E-state index in [1.807, 2.05) is 60.7 Å². The van der Waals surface area contributed by atoms with E-state index in [2.05, 4.69) is 30.1 Å². The number of carbonyl (C=O) groups excluding carboxylic acids is 1. The Morgan fingerprint density at radius 2 is 1.46 bits per heavy atom. The molecule has 16 nitrogen and oxygen atoms in total. The molecule has 0 unspecified atom stereocenters. The van der Waals surface area contributed by atoms with Gasteiger partial charge in [0.15, 0.2) is 6.29 Å². The molecule has 0 spiro atoms. The van der Waals surface area contributed by atoms with Gasteiger partial charge in [-0.1, -0.05) is 76.0 Å². The molecule has 0 aromatic heterocycles. The van der Waals surface area contributed by atoms with Gasteiger partial charge in [0.1, 0.15) is 12.7 Å². The fourth-order valence-electron chi connectivity index (χ4n) is 6.28. The second-order valence-electron chi connectivity index (χ2n) is 11.7. The van der Waals surface area contributed by atoms with Crippen LogP contribution < -0.4 is 0 Å². The van der Waals surface area contributed by atoms with Crippen LogP contribution in [-0.4, -0.2) is 76.1 Å². The minimum atomic E-state index is -1.60. The summed E-state index contributed by atoms with van der Waals surface area (Å²) in [7, 11) is 0. The van der Waals surface area contributed by atoms with Crippen molar-refractivity contribution in [2.75, 3.05) is 0 Å². The molecule has 1 heterocycles. The van der Waals surface area contributed by atoms with Crippen molar-refractivity contribution in [2.45, 2.75) is 100 Å². The zero-order chi connectivity index (χ0) is 32.5. The second-order valence-corrected chi connectivity index (χ2v) is 11.7. The van der Waals surface area contributed by atoms with E-state index in [9.17, 15) is 26.1 Å². The molecule has 242 valence electrons. The first-order chi connectivity index (χ1) is 22.4. The lowest BCUT2D eigenvalue weighted by Crippen LogP contribution is -2.59. The third kappa shape index (κ3) is 8.00. The van der Waals surface area contributed by atoms with Crippen molar-refractivity contribution in [1.82, 2.24) is 4.90 Å². The number of amides is 1. The van der Waals surface area contributed by atoms with Crippen molar-refractivity contribution < 1.29 is 29.2 Å². The highest BCUT2D eigenvalue weighted by atomic mass is 16.7. The third-order valence-corrected chi connectivity index (χ3v) is 8.69. The van der Waals surface area contributed by atoms with Crippen molar-refractivity contribution >= 4 is 6.09 Å². The standard InChI is InChI=1S/C30H36N10O6/c31-37-34-21-13-14-24(45-29(21)46-28-23(36-39-33)15-22(35-38-32)26(41)27(28)42)25(20-11-12-20)40(16-18-7-3-1-4-8-18)30(43)44-17-19-9-5-2-6-10-19/h1-10,20-29,41-42H,11-17H2/t21-,22-,23+,24+,25-,26+,27-,28-,29-/m1/s1. The van der Waals surface area contributed by atoms with Gasteiger partial charge in [0.25, 0.3) is 0 Å². The van der Waals surface area contributed by atoms with Crippen LogP contribution in [0.5, 0.6) is 0 Å². The van der Waals surface area contributed by atoms with E-state index in [1.165, 1.54) is 0 Å². The predicted molar refractivity (Wildman–Crippen MR) is 163 cm³/mol. The Bertz CT molecular complexity index is 1460. The largest absolute Gasteiger partial charge is 0.445 e.